The first-order valence-corrected chi connectivity index (χ1v) is 7.03. The molecule has 5 nitrogen and oxygen atoms in total. The molecular weight excluding hydrogens is 266 g/mol. The molecule has 1 aliphatic heterocycles. The van der Waals surface area contributed by atoms with Crippen LogP contribution in [0.3, 0.4) is 0 Å². The number of hydrogen-bond donors (Lipinski definition) is 3. The Labute approximate surface area is 120 Å². The molecule has 1 unspecified atom stereocenters. The second-order valence-corrected chi connectivity index (χ2v) is 5.25. The molecular formula is C13H24ClN3O2. The van der Waals surface area contributed by atoms with Crippen LogP contribution in [0, 0.1) is 5.92 Å². The molecule has 1 saturated heterocycles. The van der Waals surface area contributed by atoms with Crippen LogP contribution < -0.4 is 16.0 Å². The van der Waals surface area contributed by atoms with E-state index in [2.05, 4.69) is 16.0 Å². The van der Waals surface area contributed by atoms with Crippen molar-refractivity contribution in [2.45, 2.75) is 44.6 Å². The Morgan fingerprint density at radius 1 is 1.11 bits per heavy atom. The number of hydrogen-bond acceptors (Lipinski definition) is 3. The van der Waals surface area contributed by atoms with Gasteiger partial charge < -0.3 is 16.0 Å². The highest BCUT2D eigenvalue weighted by Gasteiger charge is 2.28. The zero-order valence-electron chi connectivity index (χ0n) is 11.2. The van der Waals surface area contributed by atoms with Crippen LogP contribution >= 0.6 is 12.4 Å². The number of halogens is 1. The third kappa shape index (κ3) is 6.25. The molecule has 0 aromatic rings. The average Bonchev–Trinajstić information content (AvgIpc) is 3.09. The normalized spacial score (nSPS) is 21.6. The van der Waals surface area contributed by atoms with Crippen molar-refractivity contribution in [1.82, 2.24) is 16.0 Å². The van der Waals surface area contributed by atoms with Gasteiger partial charge in [0, 0.05) is 31.5 Å². The Morgan fingerprint density at radius 2 is 1.84 bits per heavy atom. The van der Waals surface area contributed by atoms with Gasteiger partial charge in [-0.2, -0.15) is 0 Å². The maximum atomic E-state index is 11.5. The SMILES string of the molecule is Cl.O=C(CCC1CCCN1)NCCNC(=O)C1CC1. The number of amides is 2. The lowest BCUT2D eigenvalue weighted by Crippen LogP contribution is -2.35. The molecule has 0 aromatic heterocycles. The van der Waals surface area contributed by atoms with E-state index in [-0.39, 0.29) is 30.1 Å². The molecule has 0 radical (unpaired) electrons. The Morgan fingerprint density at radius 3 is 2.47 bits per heavy atom. The molecule has 0 bridgehead atoms. The van der Waals surface area contributed by atoms with Crippen molar-refractivity contribution in [2.75, 3.05) is 19.6 Å². The van der Waals surface area contributed by atoms with Crippen LogP contribution in [-0.4, -0.2) is 37.5 Å². The van der Waals surface area contributed by atoms with E-state index in [9.17, 15) is 9.59 Å². The van der Waals surface area contributed by atoms with Crippen LogP contribution in [0.5, 0.6) is 0 Å². The fourth-order valence-corrected chi connectivity index (χ4v) is 2.27. The highest BCUT2D eigenvalue weighted by Crippen LogP contribution is 2.28. The van der Waals surface area contributed by atoms with E-state index in [0.717, 1.165) is 25.8 Å². The number of rotatable bonds is 7. The Balaban J connectivity index is 0.00000180. The molecule has 2 rings (SSSR count). The molecule has 1 atom stereocenters. The van der Waals surface area contributed by atoms with Crippen molar-refractivity contribution < 1.29 is 9.59 Å². The third-order valence-corrected chi connectivity index (χ3v) is 3.58. The molecule has 19 heavy (non-hydrogen) atoms. The van der Waals surface area contributed by atoms with E-state index >= 15 is 0 Å². The molecule has 1 heterocycles. The first-order chi connectivity index (χ1) is 8.75. The second kappa shape index (κ2) is 8.38. The monoisotopic (exact) mass is 289 g/mol. The van der Waals surface area contributed by atoms with Gasteiger partial charge in [-0.1, -0.05) is 0 Å². The summed E-state index contributed by atoms with van der Waals surface area (Å²) in [6.07, 6.45) is 5.94. The van der Waals surface area contributed by atoms with E-state index in [1.165, 1.54) is 12.8 Å². The Hall–Kier alpha value is -0.810. The quantitative estimate of drug-likeness (QED) is 0.601. The van der Waals surface area contributed by atoms with Crippen LogP contribution in [0.25, 0.3) is 0 Å². The first-order valence-electron chi connectivity index (χ1n) is 7.03. The molecule has 0 spiro atoms. The zero-order valence-corrected chi connectivity index (χ0v) is 12.1. The van der Waals surface area contributed by atoms with Crippen LogP contribution in [-0.2, 0) is 9.59 Å². The Bertz CT molecular complexity index is 302. The summed E-state index contributed by atoms with van der Waals surface area (Å²) in [5.74, 6) is 0.470. The summed E-state index contributed by atoms with van der Waals surface area (Å²) in [5.41, 5.74) is 0. The van der Waals surface area contributed by atoms with Crippen LogP contribution in [0.4, 0.5) is 0 Å². The van der Waals surface area contributed by atoms with Gasteiger partial charge in [-0.25, -0.2) is 0 Å². The van der Waals surface area contributed by atoms with Gasteiger partial charge in [-0.05, 0) is 38.6 Å². The molecule has 3 N–H and O–H groups in total. The van der Waals surface area contributed by atoms with E-state index in [0.29, 0.717) is 25.6 Å². The van der Waals surface area contributed by atoms with Gasteiger partial charge in [0.1, 0.15) is 0 Å². The number of carbonyl (C=O) groups excluding carboxylic acids is 2. The van der Waals surface area contributed by atoms with Gasteiger partial charge in [-0.3, -0.25) is 9.59 Å². The highest BCUT2D eigenvalue weighted by atomic mass is 35.5. The summed E-state index contributed by atoms with van der Waals surface area (Å²) >= 11 is 0. The van der Waals surface area contributed by atoms with Gasteiger partial charge in [0.25, 0.3) is 0 Å². The standard InChI is InChI=1S/C13H23N3O2.ClH/c17-12(6-5-11-2-1-7-14-11)15-8-9-16-13(18)10-3-4-10;/h10-11,14H,1-9H2,(H,15,17)(H,16,18);1H. The lowest BCUT2D eigenvalue weighted by Gasteiger charge is -2.10. The summed E-state index contributed by atoms with van der Waals surface area (Å²) < 4.78 is 0. The molecule has 2 fully saturated rings. The minimum atomic E-state index is 0. The maximum Gasteiger partial charge on any atom is 0.223 e. The van der Waals surface area contributed by atoms with Gasteiger partial charge in [-0.15, -0.1) is 12.4 Å². The third-order valence-electron chi connectivity index (χ3n) is 3.58. The zero-order chi connectivity index (χ0) is 12.8. The summed E-state index contributed by atoms with van der Waals surface area (Å²) in [4.78, 5) is 22.9. The first kappa shape index (κ1) is 16.2. The van der Waals surface area contributed by atoms with E-state index < -0.39 is 0 Å². The lowest BCUT2D eigenvalue weighted by atomic mass is 10.1. The van der Waals surface area contributed by atoms with Gasteiger partial charge in [0.2, 0.25) is 11.8 Å². The van der Waals surface area contributed by atoms with Gasteiger partial charge >= 0.3 is 0 Å². The Kier molecular flexibility index (Phi) is 7.16. The predicted octanol–water partition coefficient (Wildman–Crippen LogP) is 0.583. The summed E-state index contributed by atoms with van der Waals surface area (Å²) in [6, 6.07) is 0.519. The predicted molar refractivity (Wildman–Crippen MR) is 76.3 cm³/mol. The van der Waals surface area contributed by atoms with Crippen LogP contribution in [0.1, 0.15) is 38.5 Å². The van der Waals surface area contributed by atoms with Crippen molar-refractivity contribution in [2.24, 2.45) is 5.92 Å². The molecule has 6 heteroatoms. The fourth-order valence-electron chi connectivity index (χ4n) is 2.27. The second-order valence-electron chi connectivity index (χ2n) is 5.25. The van der Waals surface area contributed by atoms with Gasteiger partial charge in [0.15, 0.2) is 0 Å². The van der Waals surface area contributed by atoms with Crippen LogP contribution in [0.2, 0.25) is 0 Å². The van der Waals surface area contributed by atoms with Crippen molar-refractivity contribution >= 4 is 24.2 Å². The fraction of sp³-hybridized carbons (Fsp3) is 0.846. The van der Waals surface area contributed by atoms with Gasteiger partial charge in [0.05, 0.1) is 0 Å². The summed E-state index contributed by atoms with van der Waals surface area (Å²) in [7, 11) is 0. The highest BCUT2D eigenvalue weighted by molar-refractivity contribution is 5.85. The van der Waals surface area contributed by atoms with Crippen molar-refractivity contribution in [3.63, 3.8) is 0 Å². The number of nitrogens with one attached hydrogen (secondary N) is 3. The van der Waals surface area contributed by atoms with E-state index in [4.69, 9.17) is 0 Å². The van der Waals surface area contributed by atoms with Crippen molar-refractivity contribution in [3.8, 4) is 0 Å². The molecule has 2 aliphatic rings. The number of carbonyl (C=O) groups is 2. The molecule has 2 amide bonds. The average molecular weight is 290 g/mol. The lowest BCUT2D eigenvalue weighted by molar-refractivity contribution is -0.123. The molecule has 0 aromatic carbocycles. The van der Waals surface area contributed by atoms with Crippen molar-refractivity contribution in [3.05, 3.63) is 0 Å². The van der Waals surface area contributed by atoms with Crippen molar-refractivity contribution in [1.29, 1.82) is 0 Å². The molecule has 1 aliphatic carbocycles. The topological polar surface area (TPSA) is 70.2 Å². The molecule has 1 saturated carbocycles. The minimum absolute atomic E-state index is 0. The maximum absolute atomic E-state index is 11.5. The van der Waals surface area contributed by atoms with E-state index in [1.807, 2.05) is 0 Å². The largest absolute Gasteiger partial charge is 0.354 e. The minimum Gasteiger partial charge on any atom is -0.354 e. The summed E-state index contributed by atoms with van der Waals surface area (Å²) in [5, 5.41) is 9.05. The smallest absolute Gasteiger partial charge is 0.223 e. The van der Waals surface area contributed by atoms with Crippen LogP contribution in [0.15, 0.2) is 0 Å². The molecule has 110 valence electrons. The summed E-state index contributed by atoms with van der Waals surface area (Å²) in [6.45, 7) is 2.16. The van der Waals surface area contributed by atoms with E-state index in [1.54, 1.807) is 0 Å².